The van der Waals surface area contributed by atoms with E-state index in [9.17, 15) is 5.11 Å². The monoisotopic (exact) mass is 236 g/mol. The number of allylic oxidation sites excluding steroid dienone is 2. The van der Waals surface area contributed by atoms with Crippen LogP contribution in [0.3, 0.4) is 0 Å². The lowest BCUT2D eigenvalue weighted by Crippen LogP contribution is -2.53. The van der Waals surface area contributed by atoms with Crippen molar-refractivity contribution < 1.29 is 9.84 Å². The molecule has 0 aromatic rings. The smallest absolute Gasteiger partial charge is 0.169 e. The van der Waals surface area contributed by atoms with Gasteiger partial charge in [-0.2, -0.15) is 0 Å². The fourth-order valence-electron chi connectivity index (χ4n) is 4.73. The van der Waals surface area contributed by atoms with Crippen LogP contribution in [0.25, 0.3) is 0 Å². The number of fused-ring (bicyclic) bond motifs is 3. The Morgan fingerprint density at radius 2 is 2.18 bits per heavy atom. The van der Waals surface area contributed by atoms with E-state index in [1.54, 1.807) is 5.57 Å². The topological polar surface area (TPSA) is 29.5 Å². The van der Waals surface area contributed by atoms with Crippen molar-refractivity contribution in [2.75, 3.05) is 6.61 Å². The SMILES string of the molecule is CC1COC2(O)CCC3=CCCC(C)C3(C)C12. The molecule has 0 bridgehead atoms. The Labute approximate surface area is 104 Å². The second-order valence-electron chi connectivity index (χ2n) is 6.60. The third-order valence-electron chi connectivity index (χ3n) is 5.76. The largest absolute Gasteiger partial charge is 0.365 e. The minimum Gasteiger partial charge on any atom is -0.365 e. The van der Waals surface area contributed by atoms with Crippen LogP contribution >= 0.6 is 0 Å². The molecular weight excluding hydrogens is 212 g/mol. The van der Waals surface area contributed by atoms with E-state index < -0.39 is 5.79 Å². The zero-order valence-electron chi connectivity index (χ0n) is 11.2. The fourth-order valence-corrected chi connectivity index (χ4v) is 4.73. The minimum atomic E-state index is -0.850. The lowest BCUT2D eigenvalue weighted by molar-refractivity contribution is -0.231. The Bertz CT molecular complexity index is 362. The van der Waals surface area contributed by atoms with Gasteiger partial charge in [0.15, 0.2) is 5.79 Å². The summed E-state index contributed by atoms with van der Waals surface area (Å²) in [6, 6.07) is 0. The zero-order valence-corrected chi connectivity index (χ0v) is 11.2. The van der Waals surface area contributed by atoms with Gasteiger partial charge in [0, 0.05) is 12.3 Å². The van der Waals surface area contributed by atoms with Crippen molar-refractivity contribution in [2.24, 2.45) is 23.2 Å². The van der Waals surface area contributed by atoms with Crippen LogP contribution in [0, 0.1) is 23.2 Å². The highest BCUT2D eigenvalue weighted by molar-refractivity contribution is 5.26. The molecule has 0 amide bonds. The van der Waals surface area contributed by atoms with Crippen LogP contribution < -0.4 is 0 Å². The van der Waals surface area contributed by atoms with Crippen LogP contribution in [-0.2, 0) is 4.74 Å². The molecule has 1 N–H and O–H groups in total. The molecular formula is C15H24O2. The maximum Gasteiger partial charge on any atom is 0.169 e. The summed E-state index contributed by atoms with van der Waals surface area (Å²) < 4.78 is 5.75. The van der Waals surface area contributed by atoms with Crippen LogP contribution in [0.15, 0.2) is 11.6 Å². The summed E-state index contributed by atoms with van der Waals surface area (Å²) in [5.74, 6) is 0.555. The van der Waals surface area contributed by atoms with Crippen LogP contribution in [0.4, 0.5) is 0 Å². The normalized spacial score (nSPS) is 53.9. The van der Waals surface area contributed by atoms with Crippen molar-refractivity contribution in [1.29, 1.82) is 0 Å². The van der Waals surface area contributed by atoms with E-state index in [4.69, 9.17) is 4.74 Å². The molecule has 2 nitrogen and oxygen atoms in total. The Morgan fingerprint density at radius 1 is 1.41 bits per heavy atom. The van der Waals surface area contributed by atoms with Gasteiger partial charge in [0.05, 0.1) is 6.61 Å². The summed E-state index contributed by atoms with van der Waals surface area (Å²) >= 11 is 0. The Hall–Kier alpha value is -0.340. The molecule has 1 saturated carbocycles. The van der Waals surface area contributed by atoms with E-state index in [0.717, 1.165) is 19.4 Å². The van der Waals surface area contributed by atoms with Gasteiger partial charge in [-0.3, -0.25) is 0 Å². The molecule has 5 unspecified atom stereocenters. The van der Waals surface area contributed by atoms with Crippen molar-refractivity contribution in [3.05, 3.63) is 11.6 Å². The molecule has 0 spiro atoms. The van der Waals surface area contributed by atoms with Gasteiger partial charge in [-0.05, 0) is 36.5 Å². The van der Waals surface area contributed by atoms with Crippen LogP contribution in [0.1, 0.15) is 46.5 Å². The van der Waals surface area contributed by atoms with Gasteiger partial charge in [-0.15, -0.1) is 0 Å². The highest BCUT2D eigenvalue weighted by Crippen LogP contribution is 2.61. The average molecular weight is 236 g/mol. The molecule has 1 aliphatic heterocycles. The lowest BCUT2D eigenvalue weighted by Gasteiger charge is -2.54. The van der Waals surface area contributed by atoms with Gasteiger partial charge in [-0.1, -0.05) is 32.4 Å². The average Bonchev–Trinajstić information content (AvgIpc) is 2.59. The van der Waals surface area contributed by atoms with Gasteiger partial charge in [-0.25, -0.2) is 0 Å². The molecule has 0 aromatic heterocycles. The lowest BCUT2D eigenvalue weighted by atomic mass is 9.52. The molecule has 5 atom stereocenters. The number of ether oxygens (including phenoxy) is 1. The van der Waals surface area contributed by atoms with Gasteiger partial charge in [0.2, 0.25) is 0 Å². The van der Waals surface area contributed by atoms with E-state index in [1.165, 1.54) is 12.8 Å². The van der Waals surface area contributed by atoms with Crippen molar-refractivity contribution in [1.82, 2.24) is 0 Å². The van der Waals surface area contributed by atoms with E-state index in [2.05, 4.69) is 26.8 Å². The summed E-state index contributed by atoms with van der Waals surface area (Å²) in [5.41, 5.74) is 1.74. The summed E-state index contributed by atoms with van der Waals surface area (Å²) in [5, 5.41) is 10.8. The van der Waals surface area contributed by atoms with Crippen LogP contribution in [-0.4, -0.2) is 17.5 Å². The Balaban J connectivity index is 2.08. The van der Waals surface area contributed by atoms with Crippen LogP contribution in [0.2, 0.25) is 0 Å². The van der Waals surface area contributed by atoms with Gasteiger partial charge in [0.25, 0.3) is 0 Å². The molecule has 1 saturated heterocycles. The molecule has 17 heavy (non-hydrogen) atoms. The van der Waals surface area contributed by atoms with E-state index in [1.807, 2.05) is 0 Å². The van der Waals surface area contributed by atoms with Gasteiger partial charge in [0.1, 0.15) is 0 Å². The first kappa shape index (κ1) is 11.7. The molecule has 2 aliphatic carbocycles. The van der Waals surface area contributed by atoms with Gasteiger partial charge >= 0.3 is 0 Å². The van der Waals surface area contributed by atoms with Crippen LogP contribution in [0.5, 0.6) is 0 Å². The first-order valence-corrected chi connectivity index (χ1v) is 7.04. The molecule has 0 aromatic carbocycles. The zero-order chi connectivity index (χ0) is 12.3. The summed E-state index contributed by atoms with van der Waals surface area (Å²) in [6.45, 7) is 7.67. The summed E-state index contributed by atoms with van der Waals surface area (Å²) in [7, 11) is 0. The first-order valence-electron chi connectivity index (χ1n) is 7.04. The second-order valence-corrected chi connectivity index (χ2v) is 6.60. The maximum absolute atomic E-state index is 10.8. The van der Waals surface area contributed by atoms with Crippen molar-refractivity contribution in [3.63, 3.8) is 0 Å². The highest BCUT2D eigenvalue weighted by Gasteiger charge is 2.61. The predicted octanol–water partition coefficient (Wildman–Crippen LogP) is 3.11. The molecule has 2 fully saturated rings. The number of rotatable bonds is 0. The fraction of sp³-hybridized carbons (Fsp3) is 0.867. The number of hydrogen-bond donors (Lipinski definition) is 1. The Morgan fingerprint density at radius 3 is 2.94 bits per heavy atom. The van der Waals surface area contributed by atoms with Crippen molar-refractivity contribution >= 4 is 0 Å². The maximum atomic E-state index is 10.8. The van der Waals surface area contributed by atoms with E-state index in [-0.39, 0.29) is 11.3 Å². The molecule has 96 valence electrons. The minimum absolute atomic E-state index is 0.154. The standard InChI is InChI=1S/C15H24O2/c1-10-9-17-15(16)8-7-12-6-4-5-11(2)14(12,3)13(10)15/h6,10-11,13,16H,4-5,7-9H2,1-3H3. The second kappa shape index (κ2) is 3.58. The quantitative estimate of drug-likeness (QED) is 0.655. The van der Waals surface area contributed by atoms with Gasteiger partial charge < -0.3 is 9.84 Å². The van der Waals surface area contributed by atoms with Crippen molar-refractivity contribution in [2.45, 2.75) is 52.2 Å². The van der Waals surface area contributed by atoms with E-state index >= 15 is 0 Å². The molecule has 1 heterocycles. The molecule has 3 aliphatic rings. The predicted molar refractivity (Wildman–Crippen MR) is 67.4 cm³/mol. The summed E-state index contributed by atoms with van der Waals surface area (Å²) in [6.07, 6.45) is 6.70. The molecule has 0 radical (unpaired) electrons. The molecule has 2 heteroatoms. The summed E-state index contributed by atoms with van der Waals surface area (Å²) in [4.78, 5) is 0. The first-order chi connectivity index (χ1) is 7.98. The Kier molecular flexibility index (Phi) is 2.47. The third-order valence-corrected chi connectivity index (χ3v) is 5.76. The third kappa shape index (κ3) is 1.40. The number of hydrogen-bond acceptors (Lipinski definition) is 2. The number of aliphatic hydroxyl groups is 1. The van der Waals surface area contributed by atoms with E-state index in [0.29, 0.717) is 11.8 Å². The highest BCUT2D eigenvalue weighted by atomic mass is 16.6. The van der Waals surface area contributed by atoms with Crippen molar-refractivity contribution in [3.8, 4) is 0 Å². The molecule has 3 rings (SSSR count).